The number of rotatable bonds is 62. The highest BCUT2D eigenvalue weighted by molar-refractivity contribution is 5.71. The Hall–Kier alpha value is -2.63. The van der Waals surface area contributed by atoms with Gasteiger partial charge in [-0.3, -0.25) is 14.4 Å². The molecule has 0 radical (unpaired) electrons. The van der Waals surface area contributed by atoms with Crippen LogP contribution in [0.2, 0.25) is 0 Å². The van der Waals surface area contributed by atoms with Gasteiger partial charge in [-0.1, -0.05) is 307 Å². The van der Waals surface area contributed by atoms with E-state index in [0.717, 1.165) is 70.6 Å². The van der Waals surface area contributed by atoms with Crippen LogP contribution in [0.3, 0.4) is 0 Å². The van der Waals surface area contributed by atoms with Crippen molar-refractivity contribution >= 4 is 17.9 Å². The van der Waals surface area contributed by atoms with Crippen LogP contribution >= 0.6 is 0 Å². The first-order chi connectivity index (χ1) is 37.5. The number of ether oxygens (including phenoxy) is 3. The third kappa shape index (κ3) is 62.2. The summed E-state index contributed by atoms with van der Waals surface area (Å²) in [5.41, 5.74) is 0. The fourth-order valence-corrected chi connectivity index (χ4v) is 9.98. The SMILES string of the molecule is CCCCC/C=C\C/C=C\CCCCCCCCCCCC(=O)OC(COC(=O)CCCCCCCCCCCCC/C=C\C/C=C\CCCCCCC)COC(=O)CCCCCCCCCCCCCCCCCC. The molecule has 0 saturated carbocycles. The lowest BCUT2D eigenvalue weighted by Gasteiger charge is -2.18. The van der Waals surface area contributed by atoms with Gasteiger partial charge in [-0.15, -0.1) is 0 Å². The number of unbranched alkanes of at least 4 members (excludes halogenated alkanes) is 43. The zero-order chi connectivity index (χ0) is 55.0. The molecule has 0 heterocycles. The third-order valence-corrected chi connectivity index (χ3v) is 15.1. The maximum absolute atomic E-state index is 12.9. The fraction of sp³-hybridized carbons (Fsp3) is 0.843. The second-order valence-corrected chi connectivity index (χ2v) is 22.7. The van der Waals surface area contributed by atoms with Gasteiger partial charge in [0.05, 0.1) is 0 Å². The lowest BCUT2D eigenvalue weighted by molar-refractivity contribution is -0.167. The molecule has 6 nitrogen and oxygen atoms in total. The molecule has 444 valence electrons. The van der Waals surface area contributed by atoms with Crippen LogP contribution in [0.15, 0.2) is 48.6 Å². The Morgan fingerprint density at radius 3 is 0.750 bits per heavy atom. The Morgan fingerprint density at radius 2 is 0.474 bits per heavy atom. The van der Waals surface area contributed by atoms with Crippen LogP contribution in [-0.2, 0) is 28.6 Å². The van der Waals surface area contributed by atoms with Gasteiger partial charge in [-0.05, 0) is 83.5 Å². The van der Waals surface area contributed by atoms with Crippen molar-refractivity contribution in [1.82, 2.24) is 0 Å². The normalized spacial score (nSPS) is 12.3. The van der Waals surface area contributed by atoms with Gasteiger partial charge >= 0.3 is 17.9 Å². The molecule has 0 saturated heterocycles. The number of hydrogen-bond donors (Lipinski definition) is 0. The lowest BCUT2D eigenvalue weighted by atomic mass is 10.0. The molecule has 76 heavy (non-hydrogen) atoms. The van der Waals surface area contributed by atoms with E-state index in [4.69, 9.17) is 14.2 Å². The molecule has 1 atom stereocenters. The first-order valence-electron chi connectivity index (χ1n) is 33.6. The topological polar surface area (TPSA) is 78.9 Å². The molecule has 0 N–H and O–H groups in total. The Balaban J connectivity index is 4.32. The predicted octanol–water partition coefficient (Wildman–Crippen LogP) is 22.9. The molecule has 0 rings (SSSR count). The van der Waals surface area contributed by atoms with E-state index < -0.39 is 6.10 Å². The Kier molecular flexibility index (Phi) is 62.6. The molecule has 0 aliphatic rings. The molecular formula is C70H128O6. The standard InChI is InChI=1S/C70H128O6/c1-4-7-10-13-16-19-22-25-28-31-33-34-35-36-38-39-42-45-48-51-54-57-60-63-69(72)75-66-67(65-74-68(71)62-59-56-53-50-47-44-41-30-27-24-21-18-15-12-9-6-3)76-70(73)64-61-58-55-52-49-46-43-40-37-32-29-26-23-20-17-14-11-8-5-2/h17,20,22,25-26,29,31,33,67H,4-16,18-19,21,23-24,27-28,30,32,34-66H2,1-3H3/b20-17-,25-22-,29-26-,33-31-. The van der Waals surface area contributed by atoms with Crippen LogP contribution in [0.1, 0.15) is 361 Å². The predicted molar refractivity (Wildman–Crippen MR) is 330 cm³/mol. The average Bonchev–Trinajstić information content (AvgIpc) is 3.42. The van der Waals surface area contributed by atoms with Gasteiger partial charge in [0.1, 0.15) is 13.2 Å². The highest BCUT2D eigenvalue weighted by Gasteiger charge is 2.19. The molecule has 0 fully saturated rings. The summed E-state index contributed by atoms with van der Waals surface area (Å²) < 4.78 is 17.0. The molecule has 0 amide bonds. The van der Waals surface area contributed by atoms with Crippen LogP contribution < -0.4 is 0 Å². The first-order valence-corrected chi connectivity index (χ1v) is 33.6. The minimum absolute atomic E-state index is 0.0711. The fourth-order valence-electron chi connectivity index (χ4n) is 9.98. The van der Waals surface area contributed by atoms with E-state index in [2.05, 4.69) is 69.4 Å². The molecule has 0 aliphatic carbocycles. The van der Waals surface area contributed by atoms with Crippen molar-refractivity contribution in [2.24, 2.45) is 0 Å². The highest BCUT2D eigenvalue weighted by Crippen LogP contribution is 2.17. The van der Waals surface area contributed by atoms with Crippen molar-refractivity contribution in [3.63, 3.8) is 0 Å². The highest BCUT2D eigenvalue weighted by atomic mass is 16.6. The third-order valence-electron chi connectivity index (χ3n) is 15.1. The summed E-state index contributed by atoms with van der Waals surface area (Å²) in [6.45, 7) is 6.66. The number of allylic oxidation sites excluding steroid dienone is 8. The molecule has 0 spiro atoms. The van der Waals surface area contributed by atoms with Crippen molar-refractivity contribution in [2.75, 3.05) is 13.2 Å². The summed E-state index contributed by atoms with van der Waals surface area (Å²) in [4.78, 5) is 38.4. The van der Waals surface area contributed by atoms with E-state index in [9.17, 15) is 14.4 Å². The number of hydrogen-bond acceptors (Lipinski definition) is 6. The molecular weight excluding hydrogens is 937 g/mol. The van der Waals surface area contributed by atoms with E-state index in [1.54, 1.807) is 0 Å². The van der Waals surface area contributed by atoms with Gasteiger partial charge in [0, 0.05) is 19.3 Å². The molecule has 0 aromatic carbocycles. The lowest BCUT2D eigenvalue weighted by Crippen LogP contribution is -2.30. The van der Waals surface area contributed by atoms with E-state index in [1.807, 2.05) is 0 Å². The van der Waals surface area contributed by atoms with Gasteiger partial charge in [0.2, 0.25) is 0 Å². The molecule has 0 aromatic rings. The quantitative estimate of drug-likeness (QED) is 0.0261. The molecule has 0 aliphatic heterocycles. The molecule has 0 aromatic heterocycles. The first kappa shape index (κ1) is 73.4. The van der Waals surface area contributed by atoms with E-state index >= 15 is 0 Å². The second-order valence-electron chi connectivity index (χ2n) is 22.7. The molecule has 6 heteroatoms. The monoisotopic (exact) mass is 1060 g/mol. The van der Waals surface area contributed by atoms with E-state index in [-0.39, 0.29) is 31.1 Å². The van der Waals surface area contributed by atoms with Crippen molar-refractivity contribution in [3.8, 4) is 0 Å². The Labute approximate surface area is 473 Å². The van der Waals surface area contributed by atoms with Gasteiger partial charge in [0.15, 0.2) is 6.10 Å². The van der Waals surface area contributed by atoms with Gasteiger partial charge in [-0.25, -0.2) is 0 Å². The summed E-state index contributed by atoms with van der Waals surface area (Å²) >= 11 is 0. The Morgan fingerprint density at radius 1 is 0.263 bits per heavy atom. The van der Waals surface area contributed by atoms with Crippen molar-refractivity contribution < 1.29 is 28.6 Å². The maximum atomic E-state index is 12.9. The summed E-state index contributed by atoms with van der Waals surface area (Å²) in [6.07, 6.45) is 81.1. The zero-order valence-electron chi connectivity index (χ0n) is 51.0. The van der Waals surface area contributed by atoms with Crippen LogP contribution in [0.5, 0.6) is 0 Å². The number of carbonyl (C=O) groups is 3. The van der Waals surface area contributed by atoms with Gasteiger partial charge < -0.3 is 14.2 Å². The smallest absolute Gasteiger partial charge is 0.306 e. The maximum Gasteiger partial charge on any atom is 0.306 e. The molecule has 1 unspecified atom stereocenters. The largest absolute Gasteiger partial charge is 0.462 e. The molecule has 0 bridgehead atoms. The van der Waals surface area contributed by atoms with Crippen molar-refractivity contribution in [2.45, 2.75) is 367 Å². The zero-order valence-corrected chi connectivity index (χ0v) is 51.0. The number of esters is 3. The van der Waals surface area contributed by atoms with Crippen LogP contribution in [0.4, 0.5) is 0 Å². The summed E-state index contributed by atoms with van der Waals surface area (Å²) in [6, 6.07) is 0. The second kappa shape index (κ2) is 64.9. The van der Waals surface area contributed by atoms with Gasteiger partial charge in [-0.2, -0.15) is 0 Å². The summed E-state index contributed by atoms with van der Waals surface area (Å²) in [7, 11) is 0. The van der Waals surface area contributed by atoms with Crippen molar-refractivity contribution in [1.29, 1.82) is 0 Å². The summed E-state index contributed by atoms with van der Waals surface area (Å²) in [5, 5.41) is 0. The van der Waals surface area contributed by atoms with Crippen LogP contribution in [0, 0.1) is 0 Å². The van der Waals surface area contributed by atoms with Crippen molar-refractivity contribution in [3.05, 3.63) is 48.6 Å². The Bertz CT molecular complexity index is 1310. The number of carbonyl (C=O) groups excluding carboxylic acids is 3. The minimum atomic E-state index is -0.775. The van der Waals surface area contributed by atoms with Crippen LogP contribution in [-0.4, -0.2) is 37.2 Å². The van der Waals surface area contributed by atoms with E-state index in [0.29, 0.717) is 19.3 Å². The van der Waals surface area contributed by atoms with Gasteiger partial charge in [0.25, 0.3) is 0 Å². The average molecular weight is 1070 g/mol. The van der Waals surface area contributed by atoms with E-state index in [1.165, 1.54) is 250 Å². The minimum Gasteiger partial charge on any atom is -0.462 e. The summed E-state index contributed by atoms with van der Waals surface area (Å²) in [5.74, 6) is -0.853. The van der Waals surface area contributed by atoms with Crippen LogP contribution in [0.25, 0.3) is 0 Å².